The maximum atomic E-state index is 12.5. The van der Waals surface area contributed by atoms with Gasteiger partial charge in [-0.15, -0.1) is 0 Å². The predicted molar refractivity (Wildman–Crippen MR) is 101 cm³/mol. The fraction of sp³-hybridized carbons (Fsp3) is 0.556. The van der Waals surface area contributed by atoms with Crippen LogP contribution in [0.1, 0.15) is 31.2 Å². The summed E-state index contributed by atoms with van der Waals surface area (Å²) >= 11 is 3.23. The molecular weight excluding hydrogens is 404 g/mol. The molecule has 2 rings (SSSR count). The zero-order valence-electron chi connectivity index (χ0n) is 15.1. The summed E-state index contributed by atoms with van der Waals surface area (Å²) < 4.78 is 10.6. The highest BCUT2D eigenvalue weighted by molar-refractivity contribution is 9.09. The Labute approximate surface area is 161 Å². The summed E-state index contributed by atoms with van der Waals surface area (Å²) in [6.07, 6.45) is 2.29. The number of halogens is 1. The Morgan fingerprint density at radius 3 is 2.50 bits per heavy atom. The van der Waals surface area contributed by atoms with Crippen LogP contribution in [0.15, 0.2) is 18.2 Å². The number of hydrogen-bond donors (Lipinski definition) is 2. The topological polar surface area (TPSA) is 88.1 Å². The zero-order chi connectivity index (χ0) is 19.2. The molecule has 26 heavy (non-hydrogen) atoms. The molecule has 1 aliphatic carbocycles. The molecule has 0 spiro atoms. The van der Waals surface area contributed by atoms with Crippen molar-refractivity contribution in [3.05, 3.63) is 23.8 Å². The van der Waals surface area contributed by atoms with Crippen molar-refractivity contribution in [2.45, 2.75) is 37.8 Å². The van der Waals surface area contributed by atoms with Crippen LogP contribution in [-0.2, 0) is 11.3 Å². The number of carboxylic acid groups (broad SMARTS) is 1. The van der Waals surface area contributed by atoms with Crippen LogP contribution >= 0.6 is 15.9 Å². The summed E-state index contributed by atoms with van der Waals surface area (Å²) in [7, 11) is 3.15. The van der Waals surface area contributed by atoms with Gasteiger partial charge in [-0.05, 0) is 25.0 Å². The summed E-state index contributed by atoms with van der Waals surface area (Å²) in [5, 5.41) is 12.0. The molecule has 0 unspecified atom stereocenters. The van der Waals surface area contributed by atoms with Gasteiger partial charge in [0.15, 0.2) is 0 Å². The van der Waals surface area contributed by atoms with Crippen LogP contribution in [0.25, 0.3) is 0 Å². The van der Waals surface area contributed by atoms with Crippen molar-refractivity contribution in [2.24, 2.45) is 0 Å². The Morgan fingerprint density at radius 1 is 1.27 bits per heavy atom. The first kappa shape index (κ1) is 20.4. The predicted octanol–water partition coefficient (Wildman–Crippen LogP) is 3.01. The number of benzene rings is 1. The van der Waals surface area contributed by atoms with Crippen LogP contribution in [-0.4, -0.2) is 53.6 Å². The van der Waals surface area contributed by atoms with Gasteiger partial charge in [0.1, 0.15) is 11.5 Å². The Balaban J connectivity index is 2.25. The van der Waals surface area contributed by atoms with Gasteiger partial charge < -0.3 is 24.8 Å². The Bertz CT molecular complexity index is 646. The molecule has 1 aromatic rings. The van der Waals surface area contributed by atoms with Gasteiger partial charge in [0, 0.05) is 24.7 Å². The van der Waals surface area contributed by atoms with E-state index in [1.165, 1.54) is 0 Å². The van der Waals surface area contributed by atoms with Gasteiger partial charge in [-0.1, -0.05) is 28.8 Å². The van der Waals surface area contributed by atoms with E-state index in [9.17, 15) is 14.7 Å². The molecule has 0 bridgehead atoms. The summed E-state index contributed by atoms with van der Waals surface area (Å²) in [6.45, 7) is 0.666. The van der Waals surface area contributed by atoms with Gasteiger partial charge in [-0.25, -0.2) is 4.79 Å². The second kappa shape index (κ2) is 9.12. The molecule has 1 fully saturated rings. The first-order valence-corrected chi connectivity index (χ1v) is 9.61. The van der Waals surface area contributed by atoms with Crippen molar-refractivity contribution < 1.29 is 24.2 Å². The monoisotopic (exact) mass is 428 g/mol. The summed E-state index contributed by atoms with van der Waals surface area (Å²) in [4.78, 5) is 25.4. The lowest BCUT2D eigenvalue weighted by Gasteiger charge is -2.35. The second-order valence-corrected chi connectivity index (χ2v) is 7.04. The highest BCUT2D eigenvalue weighted by Gasteiger charge is 2.38. The summed E-state index contributed by atoms with van der Waals surface area (Å²) in [6, 6.07) is 5.45. The molecule has 2 amide bonds. The third kappa shape index (κ3) is 5.03. The third-order valence-corrected chi connectivity index (χ3v) is 5.23. The minimum Gasteiger partial charge on any atom is -0.497 e. The van der Waals surface area contributed by atoms with Gasteiger partial charge in [-0.2, -0.15) is 0 Å². The fourth-order valence-electron chi connectivity index (χ4n) is 3.47. The quantitative estimate of drug-likeness (QED) is 0.621. The van der Waals surface area contributed by atoms with Crippen LogP contribution < -0.4 is 14.8 Å². The molecule has 0 atom stereocenters. The minimum atomic E-state index is -1.06. The van der Waals surface area contributed by atoms with E-state index < -0.39 is 11.6 Å². The Kier molecular flexibility index (Phi) is 7.14. The smallest absolute Gasteiger partial charge is 0.405 e. The summed E-state index contributed by atoms with van der Waals surface area (Å²) in [5.74, 6) is 1.20. The van der Waals surface area contributed by atoms with Gasteiger partial charge in [0.05, 0.1) is 25.1 Å². The maximum Gasteiger partial charge on any atom is 0.405 e. The lowest BCUT2D eigenvalue weighted by atomic mass is 9.96. The van der Waals surface area contributed by atoms with Crippen molar-refractivity contribution in [3.8, 4) is 11.5 Å². The van der Waals surface area contributed by atoms with Crippen LogP contribution in [0.3, 0.4) is 0 Å². The Hall–Kier alpha value is -1.96. The lowest BCUT2D eigenvalue weighted by Crippen LogP contribution is -2.54. The maximum absolute atomic E-state index is 12.5. The molecule has 0 radical (unpaired) electrons. The number of methoxy groups -OCH3 is 2. The lowest BCUT2D eigenvalue weighted by molar-refractivity contribution is -0.130. The number of alkyl halides is 1. The van der Waals surface area contributed by atoms with E-state index in [-0.39, 0.29) is 11.2 Å². The van der Waals surface area contributed by atoms with E-state index in [0.29, 0.717) is 24.6 Å². The van der Waals surface area contributed by atoms with Gasteiger partial charge in [0.25, 0.3) is 0 Å². The molecule has 0 heterocycles. The normalized spacial score (nSPS) is 15.3. The standard InChI is InChI=1S/C18H25BrN2O5/c1-25-14-6-5-13(15(9-14)26-2)11-21(16(22)10-19)12-18(20-17(23)24)7-3-4-8-18/h5-6,9,20H,3-4,7-8,10-12H2,1-2H3,(H,23,24). The molecule has 144 valence electrons. The SMILES string of the molecule is COc1ccc(CN(CC2(NC(=O)O)CCCC2)C(=O)CBr)c(OC)c1. The number of hydrogen-bond acceptors (Lipinski definition) is 4. The van der Waals surface area contributed by atoms with E-state index in [0.717, 1.165) is 31.2 Å². The number of ether oxygens (including phenoxy) is 2. The zero-order valence-corrected chi connectivity index (χ0v) is 16.7. The van der Waals surface area contributed by atoms with Gasteiger partial charge >= 0.3 is 6.09 Å². The van der Waals surface area contributed by atoms with Crippen molar-refractivity contribution in [1.82, 2.24) is 10.2 Å². The average molecular weight is 429 g/mol. The Morgan fingerprint density at radius 2 is 1.96 bits per heavy atom. The molecule has 2 N–H and O–H groups in total. The third-order valence-electron chi connectivity index (χ3n) is 4.75. The van der Waals surface area contributed by atoms with E-state index in [1.807, 2.05) is 12.1 Å². The highest BCUT2D eigenvalue weighted by atomic mass is 79.9. The molecular formula is C18H25BrN2O5. The number of nitrogens with one attached hydrogen (secondary N) is 1. The van der Waals surface area contributed by atoms with Crippen LogP contribution in [0.2, 0.25) is 0 Å². The summed E-state index contributed by atoms with van der Waals surface area (Å²) in [5.41, 5.74) is 0.245. The number of nitrogens with zero attached hydrogens (tertiary/aromatic N) is 1. The molecule has 1 saturated carbocycles. The number of carbonyl (C=O) groups excluding carboxylic acids is 1. The van der Waals surface area contributed by atoms with E-state index in [2.05, 4.69) is 21.2 Å². The van der Waals surface area contributed by atoms with Crippen molar-refractivity contribution in [1.29, 1.82) is 0 Å². The second-order valence-electron chi connectivity index (χ2n) is 6.48. The number of rotatable bonds is 8. The van der Waals surface area contributed by atoms with E-state index in [4.69, 9.17) is 9.47 Å². The first-order valence-electron chi connectivity index (χ1n) is 8.49. The molecule has 7 nitrogen and oxygen atoms in total. The van der Waals surface area contributed by atoms with Crippen LogP contribution in [0.4, 0.5) is 4.79 Å². The highest BCUT2D eigenvalue weighted by Crippen LogP contribution is 2.32. The van der Waals surface area contributed by atoms with Crippen molar-refractivity contribution in [3.63, 3.8) is 0 Å². The minimum absolute atomic E-state index is 0.0960. The van der Waals surface area contributed by atoms with Crippen molar-refractivity contribution >= 4 is 27.9 Å². The fourth-order valence-corrected chi connectivity index (χ4v) is 3.83. The van der Waals surface area contributed by atoms with Crippen molar-refractivity contribution in [2.75, 3.05) is 26.1 Å². The number of carbonyl (C=O) groups is 2. The molecule has 1 aliphatic rings. The first-order chi connectivity index (χ1) is 12.4. The largest absolute Gasteiger partial charge is 0.497 e. The molecule has 0 saturated heterocycles. The molecule has 0 aliphatic heterocycles. The van der Waals surface area contributed by atoms with E-state index >= 15 is 0 Å². The van der Waals surface area contributed by atoms with E-state index in [1.54, 1.807) is 25.2 Å². The van der Waals surface area contributed by atoms with Crippen LogP contribution in [0.5, 0.6) is 11.5 Å². The van der Waals surface area contributed by atoms with Gasteiger partial charge in [-0.3, -0.25) is 4.79 Å². The molecule has 1 aromatic carbocycles. The number of amides is 2. The van der Waals surface area contributed by atoms with Crippen LogP contribution in [0, 0.1) is 0 Å². The molecule has 8 heteroatoms. The molecule has 0 aromatic heterocycles. The average Bonchev–Trinajstić information content (AvgIpc) is 3.07. The van der Waals surface area contributed by atoms with Gasteiger partial charge in [0.2, 0.25) is 5.91 Å².